The van der Waals surface area contributed by atoms with Crippen LogP contribution in [0.4, 0.5) is 5.82 Å². The van der Waals surface area contributed by atoms with Crippen LogP contribution < -0.4 is 15.8 Å². The third kappa shape index (κ3) is 10.8. The number of hydrogen-bond acceptors (Lipinski definition) is 7. The predicted octanol–water partition coefficient (Wildman–Crippen LogP) is 6.10. The fourth-order valence-corrected chi connectivity index (χ4v) is 5.13. The Hall–Kier alpha value is -3.97. The van der Waals surface area contributed by atoms with Gasteiger partial charge in [-0.2, -0.15) is 0 Å². The zero-order valence-electron chi connectivity index (χ0n) is 25.2. The Labute approximate surface area is 250 Å². The van der Waals surface area contributed by atoms with E-state index in [-0.39, 0.29) is 23.7 Å². The average molecular weight is 572 g/mol. The molecule has 3 aromatic rings. The molecule has 224 valence electrons. The third-order valence-corrected chi connectivity index (χ3v) is 7.48. The van der Waals surface area contributed by atoms with E-state index in [2.05, 4.69) is 29.4 Å². The summed E-state index contributed by atoms with van der Waals surface area (Å²) in [6.07, 6.45) is 11.4. The zero-order chi connectivity index (χ0) is 30.3. The number of nitrogens with one attached hydrogen (secondary N) is 1. The lowest BCUT2D eigenvalue weighted by molar-refractivity contribution is -0.124. The number of aromatic nitrogens is 1. The molecule has 42 heavy (non-hydrogen) atoms. The van der Waals surface area contributed by atoms with Crippen molar-refractivity contribution >= 4 is 23.5 Å². The first kappa shape index (κ1) is 32.5. The van der Waals surface area contributed by atoms with Crippen molar-refractivity contribution in [2.75, 3.05) is 26.4 Å². The van der Waals surface area contributed by atoms with Crippen molar-refractivity contribution < 1.29 is 19.4 Å². The molecule has 0 radical (unpaired) electrons. The minimum atomic E-state index is -0.238. The highest BCUT2D eigenvalue weighted by Crippen LogP contribution is 2.32. The van der Waals surface area contributed by atoms with E-state index >= 15 is 0 Å². The van der Waals surface area contributed by atoms with E-state index in [1.165, 1.54) is 18.7 Å². The summed E-state index contributed by atoms with van der Waals surface area (Å²) >= 11 is 0. The van der Waals surface area contributed by atoms with Crippen molar-refractivity contribution in [1.82, 2.24) is 10.3 Å². The predicted molar refractivity (Wildman–Crippen MR) is 170 cm³/mol. The van der Waals surface area contributed by atoms with Gasteiger partial charge in [0, 0.05) is 12.6 Å². The SMILES string of the molecule is CNC[C@H](C)CCCCCC(=O)CC(=O)C=Cc1cc(OC)c(O)cc1Cc1cnc(N)cc1CCc1ccccc1. The number of allylic oxidation sites excluding steroid dienone is 1. The molecule has 4 N–H and O–H groups in total. The van der Waals surface area contributed by atoms with Gasteiger partial charge in [-0.15, -0.1) is 0 Å². The number of nitrogens with zero attached hydrogens (tertiary/aromatic N) is 1. The number of rotatable bonds is 18. The Kier molecular flexibility index (Phi) is 13.2. The maximum atomic E-state index is 12.7. The number of aryl methyl sites for hydroxylation is 2. The first-order valence-electron chi connectivity index (χ1n) is 14.8. The molecule has 0 fully saturated rings. The summed E-state index contributed by atoms with van der Waals surface area (Å²) in [5.74, 6) is 1.13. The molecule has 1 aromatic heterocycles. The van der Waals surface area contributed by atoms with Crippen molar-refractivity contribution in [1.29, 1.82) is 0 Å². The quantitative estimate of drug-likeness (QED) is 0.0960. The van der Waals surface area contributed by atoms with Crippen molar-refractivity contribution in [3.8, 4) is 11.5 Å². The molecule has 0 spiro atoms. The molecule has 0 aliphatic carbocycles. The average Bonchev–Trinajstić information content (AvgIpc) is 2.97. The molecule has 0 bridgehead atoms. The molecule has 0 aliphatic rings. The van der Waals surface area contributed by atoms with Crippen molar-refractivity contribution in [3.63, 3.8) is 0 Å². The minimum Gasteiger partial charge on any atom is -0.504 e. The fourth-order valence-electron chi connectivity index (χ4n) is 5.13. The number of anilines is 1. The Bertz CT molecular complexity index is 1340. The lowest BCUT2D eigenvalue weighted by atomic mass is 9.94. The smallest absolute Gasteiger partial charge is 0.163 e. The number of phenolic OH excluding ortho intramolecular Hbond substituents is 1. The first-order chi connectivity index (χ1) is 20.3. The van der Waals surface area contributed by atoms with Gasteiger partial charge >= 0.3 is 0 Å². The number of hydrogen-bond donors (Lipinski definition) is 3. The van der Waals surface area contributed by atoms with Gasteiger partial charge in [0.1, 0.15) is 11.6 Å². The van der Waals surface area contributed by atoms with Crippen LogP contribution in [0.3, 0.4) is 0 Å². The third-order valence-electron chi connectivity index (χ3n) is 7.48. The number of carbonyl (C=O) groups is 2. The van der Waals surface area contributed by atoms with Gasteiger partial charge in [0.2, 0.25) is 0 Å². The molecular formula is C35H45N3O4. The van der Waals surface area contributed by atoms with Crippen LogP contribution in [0.1, 0.15) is 73.3 Å². The van der Waals surface area contributed by atoms with Crippen molar-refractivity contribution in [2.45, 2.75) is 64.7 Å². The second-order valence-corrected chi connectivity index (χ2v) is 11.0. The van der Waals surface area contributed by atoms with Crippen LogP contribution in [0.15, 0.2) is 60.8 Å². The number of carbonyl (C=O) groups excluding carboxylic acids is 2. The first-order valence-corrected chi connectivity index (χ1v) is 14.8. The van der Waals surface area contributed by atoms with Crippen LogP contribution in [0, 0.1) is 5.92 Å². The Balaban J connectivity index is 1.66. The van der Waals surface area contributed by atoms with E-state index in [1.807, 2.05) is 31.3 Å². The number of ketones is 2. The molecule has 1 heterocycles. The number of aromatic hydroxyl groups is 1. The lowest BCUT2D eigenvalue weighted by Gasteiger charge is -2.14. The van der Waals surface area contributed by atoms with E-state index in [0.29, 0.717) is 30.3 Å². The van der Waals surface area contributed by atoms with Crippen LogP contribution in [0.25, 0.3) is 6.08 Å². The largest absolute Gasteiger partial charge is 0.504 e. The monoisotopic (exact) mass is 571 g/mol. The summed E-state index contributed by atoms with van der Waals surface area (Å²) in [5, 5.41) is 13.7. The molecule has 3 rings (SSSR count). The van der Waals surface area contributed by atoms with E-state index in [1.54, 1.807) is 24.4 Å². The number of phenols is 1. The lowest BCUT2D eigenvalue weighted by Crippen LogP contribution is -2.15. The second kappa shape index (κ2) is 17.1. The summed E-state index contributed by atoms with van der Waals surface area (Å²) in [4.78, 5) is 29.4. The highest BCUT2D eigenvalue weighted by Gasteiger charge is 2.14. The second-order valence-electron chi connectivity index (χ2n) is 11.0. The summed E-state index contributed by atoms with van der Waals surface area (Å²) in [7, 11) is 3.44. The molecule has 0 saturated carbocycles. The molecule has 7 heteroatoms. The molecule has 0 saturated heterocycles. The van der Waals surface area contributed by atoms with Crippen LogP contribution >= 0.6 is 0 Å². The van der Waals surface area contributed by atoms with Crippen LogP contribution in [0.5, 0.6) is 11.5 Å². The number of Topliss-reactive ketones (excluding diaryl/α,β-unsaturated/α-hetero) is 1. The highest BCUT2D eigenvalue weighted by molar-refractivity contribution is 6.06. The van der Waals surface area contributed by atoms with E-state index < -0.39 is 0 Å². The summed E-state index contributed by atoms with van der Waals surface area (Å²) in [5.41, 5.74) is 10.9. The molecule has 0 unspecified atom stereocenters. The molecule has 2 aromatic carbocycles. The van der Waals surface area contributed by atoms with E-state index in [4.69, 9.17) is 10.5 Å². The van der Waals surface area contributed by atoms with Gasteiger partial charge in [0.15, 0.2) is 17.3 Å². The van der Waals surface area contributed by atoms with Crippen LogP contribution in [-0.4, -0.2) is 42.4 Å². The van der Waals surface area contributed by atoms with Crippen molar-refractivity contribution in [3.05, 3.63) is 88.6 Å². The Morgan fingerprint density at radius 3 is 2.57 bits per heavy atom. The summed E-state index contributed by atoms with van der Waals surface area (Å²) < 4.78 is 5.33. The highest BCUT2D eigenvalue weighted by atomic mass is 16.5. The number of benzene rings is 2. The molecule has 7 nitrogen and oxygen atoms in total. The van der Waals surface area contributed by atoms with Gasteiger partial charge < -0.3 is 20.9 Å². The Morgan fingerprint density at radius 2 is 1.83 bits per heavy atom. The molecular weight excluding hydrogens is 526 g/mol. The van der Waals surface area contributed by atoms with Gasteiger partial charge in [-0.05, 0) is 104 Å². The molecule has 0 amide bonds. The summed E-state index contributed by atoms with van der Waals surface area (Å²) in [6, 6.07) is 15.5. The number of ether oxygens (including phenoxy) is 1. The van der Waals surface area contributed by atoms with Gasteiger partial charge in [0.05, 0.1) is 13.5 Å². The van der Waals surface area contributed by atoms with Gasteiger partial charge in [-0.1, -0.05) is 56.2 Å². The number of nitrogens with two attached hydrogens (primary N) is 1. The summed E-state index contributed by atoms with van der Waals surface area (Å²) in [6.45, 7) is 3.22. The standard InChI is InChI=1S/C35H45N3O4/c1-25(23-37-2)10-6-4-9-13-31(39)22-32(40)17-16-27-20-34(42-3)33(41)19-29(27)18-30-24-38-35(36)21-28(30)15-14-26-11-7-5-8-12-26/h5,7-8,11-12,16-17,19-21,24-25,37,41H,4,6,9-10,13-15,18,22-23H2,1-3H3,(H2,36,38)/t25-/m1/s1. The maximum absolute atomic E-state index is 12.7. The molecule has 1 atom stereocenters. The van der Waals surface area contributed by atoms with E-state index in [0.717, 1.165) is 67.3 Å². The topological polar surface area (TPSA) is 115 Å². The fraction of sp³-hybridized carbons (Fsp3) is 0.400. The maximum Gasteiger partial charge on any atom is 0.163 e. The number of pyridine rings is 1. The number of nitrogen functional groups attached to an aromatic ring is 1. The number of methoxy groups -OCH3 is 1. The van der Waals surface area contributed by atoms with Crippen LogP contribution in [0.2, 0.25) is 0 Å². The Morgan fingerprint density at radius 1 is 1.05 bits per heavy atom. The van der Waals surface area contributed by atoms with Gasteiger partial charge in [0.25, 0.3) is 0 Å². The minimum absolute atomic E-state index is 0.0146. The van der Waals surface area contributed by atoms with Crippen molar-refractivity contribution in [2.24, 2.45) is 5.92 Å². The van der Waals surface area contributed by atoms with Crippen LogP contribution in [-0.2, 0) is 28.9 Å². The number of unbranched alkanes of at least 4 members (excludes halogenated alkanes) is 2. The van der Waals surface area contributed by atoms with E-state index in [9.17, 15) is 14.7 Å². The van der Waals surface area contributed by atoms with Gasteiger partial charge in [-0.3, -0.25) is 9.59 Å². The zero-order valence-corrected chi connectivity index (χ0v) is 25.2. The molecule has 0 aliphatic heterocycles. The van der Waals surface area contributed by atoms with Gasteiger partial charge in [-0.25, -0.2) is 4.98 Å². The normalized spacial score (nSPS) is 12.0.